The van der Waals surface area contributed by atoms with E-state index in [0.717, 1.165) is 19.3 Å². The predicted octanol–water partition coefficient (Wildman–Crippen LogP) is 3.03. The van der Waals surface area contributed by atoms with Gasteiger partial charge in [0, 0.05) is 6.42 Å². The first-order valence-corrected chi connectivity index (χ1v) is 7.98. The molecule has 0 aliphatic heterocycles. The van der Waals surface area contributed by atoms with Gasteiger partial charge in [-0.2, -0.15) is 10.8 Å². The summed E-state index contributed by atoms with van der Waals surface area (Å²) in [5, 5.41) is 18.0. The van der Waals surface area contributed by atoms with E-state index in [1.807, 2.05) is 0 Å². The van der Waals surface area contributed by atoms with Gasteiger partial charge in [0.15, 0.2) is 0 Å². The van der Waals surface area contributed by atoms with Gasteiger partial charge in [-0.1, -0.05) is 45.4 Å². The van der Waals surface area contributed by atoms with E-state index in [2.05, 4.69) is 11.9 Å². The second-order valence-electron chi connectivity index (χ2n) is 5.60. The van der Waals surface area contributed by atoms with E-state index in [1.54, 1.807) is 0 Å². The van der Waals surface area contributed by atoms with Crippen molar-refractivity contribution in [2.45, 2.75) is 83.2 Å². The highest BCUT2D eigenvalue weighted by Gasteiger charge is 2.40. The van der Waals surface area contributed by atoms with E-state index >= 15 is 0 Å². The molecule has 0 fully saturated rings. The number of hydrogen-bond donors (Lipinski definition) is 3. The molecular formula is C15H29NO6. The number of unbranched alkanes of at least 4 members (excludes halogenated alkanes) is 6. The number of nitrogens with two attached hydrogens (primary N) is 1. The first kappa shape index (κ1) is 20.8. The van der Waals surface area contributed by atoms with Crippen LogP contribution in [0.5, 0.6) is 0 Å². The van der Waals surface area contributed by atoms with Crippen LogP contribution in [0.3, 0.4) is 0 Å². The van der Waals surface area contributed by atoms with Crippen LogP contribution in [0.1, 0.15) is 77.6 Å². The highest BCUT2D eigenvalue weighted by atomic mass is 17.3. The third kappa shape index (κ3) is 8.96. The lowest BCUT2D eigenvalue weighted by Gasteiger charge is -2.26. The second-order valence-corrected chi connectivity index (χ2v) is 5.60. The minimum absolute atomic E-state index is 0.0572. The van der Waals surface area contributed by atoms with Gasteiger partial charge >= 0.3 is 11.9 Å². The molecular weight excluding hydrogens is 290 g/mol. The predicted molar refractivity (Wildman–Crippen MR) is 80.8 cm³/mol. The minimum Gasteiger partial charge on any atom is -0.481 e. The summed E-state index contributed by atoms with van der Waals surface area (Å²) in [4.78, 5) is 30.9. The quantitative estimate of drug-likeness (QED) is 0.241. The number of carbonyl (C=O) groups is 2. The standard InChI is InChI=1S/C15H29NO6/c1-2-3-4-5-6-7-8-11-15(14(19)20,21-22-16)12-9-10-13(17)18/h2-12,16H2,1H3,(H,17,18)(H,19,20). The van der Waals surface area contributed by atoms with Crippen molar-refractivity contribution in [3.63, 3.8) is 0 Å². The van der Waals surface area contributed by atoms with Crippen LogP contribution in [-0.2, 0) is 19.5 Å². The Morgan fingerprint density at radius 1 is 0.955 bits per heavy atom. The molecule has 0 bridgehead atoms. The van der Waals surface area contributed by atoms with Gasteiger partial charge in [-0.25, -0.2) is 4.79 Å². The van der Waals surface area contributed by atoms with Crippen molar-refractivity contribution in [2.75, 3.05) is 0 Å². The van der Waals surface area contributed by atoms with Gasteiger partial charge in [-0.15, -0.1) is 4.99 Å². The summed E-state index contributed by atoms with van der Waals surface area (Å²) in [5.41, 5.74) is -1.56. The van der Waals surface area contributed by atoms with E-state index in [0.29, 0.717) is 6.42 Å². The Hall–Kier alpha value is -1.18. The SMILES string of the molecule is CCCCCCCCCC(CCCC(=O)O)(OON)C(=O)O. The van der Waals surface area contributed by atoms with E-state index < -0.39 is 17.5 Å². The van der Waals surface area contributed by atoms with Crippen molar-refractivity contribution in [3.05, 3.63) is 0 Å². The monoisotopic (exact) mass is 319 g/mol. The normalized spacial score (nSPS) is 13.7. The molecule has 0 heterocycles. The molecule has 0 aliphatic rings. The van der Waals surface area contributed by atoms with Crippen molar-refractivity contribution < 1.29 is 29.7 Å². The van der Waals surface area contributed by atoms with Crippen LogP contribution in [0.15, 0.2) is 0 Å². The fourth-order valence-electron chi connectivity index (χ4n) is 2.44. The molecule has 0 saturated carbocycles. The zero-order valence-electron chi connectivity index (χ0n) is 13.4. The Kier molecular flexibility index (Phi) is 11.7. The maximum absolute atomic E-state index is 11.5. The average molecular weight is 319 g/mol. The molecule has 4 N–H and O–H groups in total. The molecule has 22 heavy (non-hydrogen) atoms. The van der Waals surface area contributed by atoms with Crippen molar-refractivity contribution in [3.8, 4) is 0 Å². The van der Waals surface area contributed by atoms with Crippen molar-refractivity contribution in [1.29, 1.82) is 0 Å². The summed E-state index contributed by atoms with van der Waals surface area (Å²) >= 11 is 0. The Morgan fingerprint density at radius 3 is 2.00 bits per heavy atom. The molecule has 0 spiro atoms. The highest BCUT2D eigenvalue weighted by Crippen LogP contribution is 2.27. The van der Waals surface area contributed by atoms with Crippen LogP contribution in [0.4, 0.5) is 0 Å². The van der Waals surface area contributed by atoms with Crippen LogP contribution >= 0.6 is 0 Å². The lowest BCUT2D eigenvalue weighted by atomic mass is 9.90. The minimum atomic E-state index is -1.56. The fraction of sp³-hybridized carbons (Fsp3) is 0.867. The van der Waals surface area contributed by atoms with Gasteiger partial charge < -0.3 is 10.2 Å². The maximum atomic E-state index is 11.5. The molecule has 0 aliphatic carbocycles. The molecule has 0 rings (SSSR count). The molecule has 0 aromatic rings. The third-order valence-electron chi connectivity index (χ3n) is 3.75. The number of carboxylic acids is 2. The molecule has 0 saturated heterocycles. The van der Waals surface area contributed by atoms with E-state index in [4.69, 9.17) is 15.9 Å². The largest absolute Gasteiger partial charge is 0.481 e. The molecule has 1 atom stereocenters. The molecule has 0 aromatic carbocycles. The van der Waals surface area contributed by atoms with Gasteiger partial charge in [-0.3, -0.25) is 4.79 Å². The van der Waals surface area contributed by atoms with Crippen molar-refractivity contribution in [2.24, 2.45) is 5.90 Å². The van der Waals surface area contributed by atoms with Crippen LogP contribution in [0.2, 0.25) is 0 Å². The zero-order chi connectivity index (χ0) is 16.8. The Labute approximate surface area is 131 Å². The zero-order valence-corrected chi connectivity index (χ0v) is 13.4. The molecule has 0 radical (unpaired) electrons. The maximum Gasteiger partial charge on any atom is 0.339 e. The van der Waals surface area contributed by atoms with Gasteiger partial charge in [0.1, 0.15) is 0 Å². The number of hydrogen-bond acceptors (Lipinski definition) is 5. The number of rotatable bonds is 15. The molecule has 7 nitrogen and oxygen atoms in total. The van der Waals surface area contributed by atoms with Gasteiger partial charge in [0.25, 0.3) is 0 Å². The molecule has 7 heteroatoms. The Bertz CT molecular complexity index is 323. The van der Waals surface area contributed by atoms with Gasteiger partial charge in [0.05, 0.1) is 0 Å². The smallest absolute Gasteiger partial charge is 0.339 e. The second kappa shape index (κ2) is 12.4. The highest BCUT2D eigenvalue weighted by molar-refractivity contribution is 5.77. The summed E-state index contributed by atoms with van der Waals surface area (Å²) in [6, 6.07) is 0. The lowest BCUT2D eigenvalue weighted by molar-refractivity contribution is -0.362. The average Bonchev–Trinajstić information content (AvgIpc) is 2.45. The van der Waals surface area contributed by atoms with Gasteiger partial charge in [-0.05, 0) is 25.7 Å². The van der Waals surface area contributed by atoms with Crippen molar-refractivity contribution in [1.82, 2.24) is 0 Å². The topological polar surface area (TPSA) is 119 Å². The summed E-state index contributed by atoms with van der Waals surface area (Å²) in [5.74, 6) is 2.73. The molecule has 130 valence electrons. The first-order valence-electron chi connectivity index (χ1n) is 7.98. The summed E-state index contributed by atoms with van der Waals surface area (Å²) in [6.07, 6.45) is 7.78. The fourth-order valence-corrected chi connectivity index (χ4v) is 2.44. The third-order valence-corrected chi connectivity index (χ3v) is 3.75. The first-order chi connectivity index (χ1) is 10.5. The van der Waals surface area contributed by atoms with Crippen LogP contribution in [0, 0.1) is 0 Å². The van der Waals surface area contributed by atoms with E-state index in [9.17, 15) is 14.7 Å². The van der Waals surface area contributed by atoms with Gasteiger partial charge in [0.2, 0.25) is 5.60 Å². The van der Waals surface area contributed by atoms with E-state index in [1.165, 1.54) is 19.3 Å². The number of carboxylic acid groups (broad SMARTS) is 2. The molecule has 0 aromatic heterocycles. The van der Waals surface area contributed by atoms with E-state index in [-0.39, 0.29) is 25.7 Å². The van der Waals surface area contributed by atoms with Crippen LogP contribution < -0.4 is 5.90 Å². The summed E-state index contributed by atoms with van der Waals surface area (Å²) in [7, 11) is 0. The molecule has 1 unspecified atom stereocenters. The Morgan fingerprint density at radius 2 is 1.50 bits per heavy atom. The van der Waals surface area contributed by atoms with Crippen LogP contribution in [0.25, 0.3) is 0 Å². The summed E-state index contributed by atoms with van der Waals surface area (Å²) in [6.45, 7) is 2.16. The Balaban J connectivity index is 4.27. The summed E-state index contributed by atoms with van der Waals surface area (Å²) < 4.78 is 0. The molecule has 0 amide bonds. The number of aliphatic carboxylic acids is 2. The lowest BCUT2D eigenvalue weighted by Crippen LogP contribution is -2.42. The van der Waals surface area contributed by atoms with Crippen molar-refractivity contribution >= 4 is 11.9 Å². The van der Waals surface area contributed by atoms with Crippen LogP contribution in [-0.4, -0.2) is 27.8 Å².